The molecular formula is C18H24N2O. The zero-order valence-corrected chi connectivity index (χ0v) is 12.7. The summed E-state index contributed by atoms with van der Waals surface area (Å²) in [6.45, 7) is 2.77. The third-order valence-electron chi connectivity index (χ3n) is 4.73. The van der Waals surface area contributed by atoms with Crippen molar-refractivity contribution < 1.29 is 4.74 Å². The van der Waals surface area contributed by atoms with Gasteiger partial charge in [-0.15, -0.1) is 0 Å². The number of nitrogens with zero attached hydrogens (tertiary/aromatic N) is 1. The van der Waals surface area contributed by atoms with Gasteiger partial charge >= 0.3 is 0 Å². The molecular weight excluding hydrogens is 260 g/mol. The van der Waals surface area contributed by atoms with E-state index in [0.29, 0.717) is 6.61 Å². The molecule has 1 atom stereocenters. The summed E-state index contributed by atoms with van der Waals surface area (Å²) in [5.41, 5.74) is 7.58. The number of hydrogen-bond donors (Lipinski definition) is 1. The molecule has 3 nitrogen and oxygen atoms in total. The van der Waals surface area contributed by atoms with Crippen LogP contribution in [0.1, 0.15) is 50.6 Å². The second-order valence-corrected chi connectivity index (χ2v) is 5.99. The Morgan fingerprint density at radius 2 is 1.95 bits per heavy atom. The van der Waals surface area contributed by atoms with Crippen molar-refractivity contribution in [1.29, 1.82) is 0 Å². The van der Waals surface area contributed by atoms with Gasteiger partial charge in [0.15, 0.2) is 0 Å². The van der Waals surface area contributed by atoms with E-state index in [1.54, 1.807) is 0 Å². The van der Waals surface area contributed by atoms with E-state index in [0.717, 1.165) is 23.8 Å². The zero-order chi connectivity index (χ0) is 14.7. The van der Waals surface area contributed by atoms with E-state index >= 15 is 0 Å². The first-order valence-electron chi connectivity index (χ1n) is 7.99. The van der Waals surface area contributed by atoms with Gasteiger partial charge in [0, 0.05) is 24.4 Å². The van der Waals surface area contributed by atoms with Crippen molar-refractivity contribution in [3.05, 3.63) is 42.2 Å². The molecule has 21 heavy (non-hydrogen) atoms. The van der Waals surface area contributed by atoms with Gasteiger partial charge in [-0.3, -0.25) is 4.98 Å². The van der Waals surface area contributed by atoms with Crippen LogP contribution in [0.25, 0.3) is 10.8 Å². The van der Waals surface area contributed by atoms with Crippen molar-refractivity contribution in [2.24, 2.45) is 5.73 Å². The van der Waals surface area contributed by atoms with Gasteiger partial charge in [-0.05, 0) is 30.7 Å². The summed E-state index contributed by atoms with van der Waals surface area (Å²) in [6, 6.07) is 8.21. The Morgan fingerprint density at radius 3 is 2.71 bits per heavy atom. The van der Waals surface area contributed by atoms with Crippen LogP contribution in [0.2, 0.25) is 0 Å². The van der Waals surface area contributed by atoms with Gasteiger partial charge in [-0.25, -0.2) is 0 Å². The quantitative estimate of drug-likeness (QED) is 0.924. The lowest BCUT2D eigenvalue weighted by Gasteiger charge is -2.42. The number of fused-ring (bicyclic) bond motifs is 1. The summed E-state index contributed by atoms with van der Waals surface area (Å²) in [5, 5.41) is 2.34. The Kier molecular flexibility index (Phi) is 4.22. The number of rotatable bonds is 4. The predicted octanol–water partition coefficient (Wildman–Crippen LogP) is 3.97. The van der Waals surface area contributed by atoms with Crippen LogP contribution in [0, 0.1) is 0 Å². The lowest BCUT2D eigenvalue weighted by molar-refractivity contribution is -0.0828. The lowest BCUT2D eigenvalue weighted by Crippen LogP contribution is -2.45. The molecule has 0 radical (unpaired) electrons. The molecule has 1 aliphatic carbocycles. The average molecular weight is 284 g/mol. The minimum absolute atomic E-state index is 0.114. The summed E-state index contributed by atoms with van der Waals surface area (Å²) >= 11 is 0. The van der Waals surface area contributed by atoms with Crippen molar-refractivity contribution in [3.8, 4) is 0 Å². The topological polar surface area (TPSA) is 48.1 Å². The van der Waals surface area contributed by atoms with Crippen molar-refractivity contribution >= 4 is 10.8 Å². The molecule has 112 valence electrons. The largest absolute Gasteiger partial charge is 0.373 e. The van der Waals surface area contributed by atoms with Crippen LogP contribution in [-0.4, -0.2) is 17.2 Å². The second-order valence-electron chi connectivity index (χ2n) is 5.99. The first-order chi connectivity index (χ1) is 10.3. The van der Waals surface area contributed by atoms with Crippen molar-refractivity contribution in [3.63, 3.8) is 0 Å². The predicted molar refractivity (Wildman–Crippen MR) is 86.1 cm³/mol. The Hall–Kier alpha value is -1.45. The molecule has 1 aromatic carbocycles. The average Bonchev–Trinajstić information content (AvgIpc) is 2.55. The molecule has 1 aromatic heterocycles. The van der Waals surface area contributed by atoms with Crippen LogP contribution in [0.4, 0.5) is 0 Å². The van der Waals surface area contributed by atoms with Crippen molar-refractivity contribution in [1.82, 2.24) is 4.98 Å². The molecule has 1 saturated carbocycles. The van der Waals surface area contributed by atoms with E-state index in [1.807, 2.05) is 18.5 Å². The van der Waals surface area contributed by atoms with Crippen LogP contribution in [0.15, 0.2) is 36.7 Å². The molecule has 1 aliphatic rings. The molecule has 0 bridgehead atoms. The number of hydrogen-bond acceptors (Lipinski definition) is 3. The SMILES string of the molecule is CCOC1(C(N)c2cncc3ccccc23)CCCCC1. The third-order valence-corrected chi connectivity index (χ3v) is 4.73. The molecule has 3 rings (SSSR count). The maximum atomic E-state index is 6.69. The fourth-order valence-electron chi connectivity index (χ4n) is 3.65. The monoisotopic (exact) mass is 284 g/mol. The van der Waals surface area contributed by atoms with Crippen LogP contribution >= 0.6 is 0 Å². The molecule has 1 fully saturated rings. The van der Waals surface area contributed by atoms with E-state index in [-0.39, 0.29) is 11.6 Å². The molecule has 2 N–H and O–H groups in total. The van der Waals surface area contributed by atoms with Crippen LogP contribution in [0.3, 0.4) is 0 Å². The molecule has 0 aliphatic heterocycles. The van der Waals surface area contributed by atoms with Crippen LogP contribution in [0.5, 0.6) is 0 Å². The fraction of sp³-hybridized carbons (Fsp3) is 0.500. The minimum atomic E-state index is -0.223. The van der Waals surface area contributed by atoms with Gasteiger partial charge in [0.2, 0.25) is 0 Å². The number of ether oxygens (including phenoxy) is 1. The highest BCUT2D eigenvalue weighted by atomic mass is 16.5. The Labute approximate surface area is 126 Å². The molecule has 3 heteroatoms. The standard InChI is InChI=1S/C18H24N2O/c1-2-21-18(10-6-3-7-11-18)17(19)16-13-20-12-14-8-4-5-9-15(14)16/h4-5,8-9,12-13,17H,2-3,6-7,10-11,19H2,1H3. The molecule has 2 aromatic rings. The van der Waals surface area contributed by atoms with Gasteiger partial charge in [-0.1, -0.05) is 43.5 Å². The zero-order valence-electron chi connectivity index (χ0n) is 12.7. The van der Waals surface area contributed by atoms with E-state index in [1.165, 1.54) is 24.6 Å². The second kappa shape index (κ2) is 6.12. The summed E-state index contributed by atoms with van der Waals surface area (Å²) in [6.07, 6.45) is 9.60. The summed E-state index contributed by atoms with van der Waals surface area (Å²) in [5.74, 6) is 0. The maximum Gasteiger partial charge on any atom is 0.0874 e. The first-order valence-corrected chi connectivity index (χ1v) is 7.99. The highest BCUT2D eigenvalue weighted by Crippen LogP contribution is 2.41. The number of pyridine rings is 1. The van der Waals surface area contributed by atoms with Gasteiger partial charge in [0.05, 0.1) is 11.6 Å². The highest BCUT2D eigenvalue weighted by Gasteiger charge is 2.40. The Bertz CT molecular complexity index is 594. The van der Waals surface area contributed by atoms with Gasteiger partial charge in [0.1, 0.15) is 0 Å². The van der Waals surface area contributed by atoms with E-state index in [9.17, 15) is 0 Å². The molecule has 0 spiro atoms. The number of aromatic nitrogens is 1. The summed E-state index contributed by atoms with van der Waals surface area (Å²) < 4.78 is 6.18. The normalized spacial score (nSPS) is 19.5. The highest BCUT2D eigenvalue weighted by molar-refractivity contribution is 5.85. The summed E-state index contributed by atoms with van der Waals surface area (Å²) in [4.78, 5) is 4.38. The van der Waals surface area contributed by atoms with Crippen LogP contribution in [-0.2, 0) is 4.74 Å². The van der Waals surface area contributed by atoms with Gasteiger partial charge in [-0.2, -0.15) is 0 Å². The molecule has 1 heterocycles. The van der Waals surface area contributed by atoms with E-state index < -0.39 is 0 Å². The number of nitrogens with two attached hydrogens (primary N) is 1. The molecule has 0 amide bonds. The van der Waals surface area contributed by atoms with Crippen molar-refractivity contribution in [2.45, 2.75) is 50.7 Å². The third kappa shape index (κ3) is 2.68. The summed E-state index contributed by atoms with van der Waals surface area (Å²) in [7, 11) is 0. The maximum absolute atomic E-state index is 6.69. The Balaban J connectivity index is 2.03. The first kappa shape index (κ1) is 14.5. The Morgan fingerprint density at radius 1 is 1.19 bits per heavy atom. The number of benzene rings is 1. The fourth-order valence-corrected chi connectivity index (χ4v) is 3.65. The van der Waals surface area contributed by atoms with E-state index in [2.05, 4.69) is 30.1 Å². The molecule has 1 unspecified atom stereocenters. The van der Waals surface area contributed by atoms with Crippen molar-refractivity contribution in [2.75, 3.05) is 6.61 Å². The van der Waals surface area contributed by atoms with Gasteiger partial charge < -0.3 is 10.5 Å². The lowest BCUT2D eigenvalue weighted by atomic mass is 9.76. The smallest absolute Gasteiger partial charge is 0.0874 e. The van der Waals surface area contributed by atoms with Gasteiger partial charge in [0.25, 0.3) is 0 Å². The van der Waals surface area contributed by atoms with Crippen LogP contribution < -0.4 is 5.73 Å². The van der Waals surface area contributed by atoms with E-state index in [4.69, 9.17) is 10.5 Å². The molecule has 0 saturated heterocycles. The minimum Gasteiger partial charge on any atom is -0.373 e.